The molecule has 0 heterocycles. The van der Waals surface area contributed by atoms with Gasteiger partial charge in [-0.3, -0.25) is 4.79 Å². The van der Waals surface area contributed by atoms with Crippen LogP contribution in [-0.4, -0.2) is 27.7 Å². The summed E-state index contributed by atoms with van der Waals surface area (Å²) in [6, 6.07) is 11.7. The molecular weight excluding hydrogens is 382 g/mol. The zero-order valence-electron chi connectivity index (χ0n) is 12.7. The van der Waals surface area contributed by atoms with Crippen LogP contribution in [0.4, 0.5) is 0 Å². The van der Waals surface area contributed by atoms with Crippen molar-refractivity contribution in [3.8, 4) is 5.75 Å². The van der Waals surface area contributed by atoms with Crippen molar-refractivity contribution >= 4 is 31.7 Å². The molecule has 0 spiro atoms. The number of ether oxygens (including phenoxy) is 1. The number of amides is 1. The average Bonchev–Trinajstić information content (AvgIpc) is 2.52. The summed E-state index contributed by atoms with van der Waals surface area (Å²) in [6.45, 7) is 0.311. The minimum absolute atomic E-state index is 0.104. The van der Waals surface area contributed by atoms with Crippen molar-refractivity contribution < 1.29 is 17.9 Å². The van der Waals surface area contributed by atoms with Crippen molar-refractivity contribution in [3.63, 3.8) is 0 Å². The van der Waals surface area contributed by atoms with Crippen LogP contribution in [0.25, 0.3) is 0 Å². The lowest BCUT2D eigenvalue weighted by Gasteiger charge is -2.09. The Kier molecular flexibility index (Phi) is 5.43. The fourth-order valence-corrected chi connectivity index (χ4v) is 3.04. The van der Waals surface area contributed by atoms with Crippen LogP contribution < -0.4 is 10.1 Å². The number of hydrogen-bond donors (Lipinski definition) is 1. The Hall–Kier alpha value is -1.86. The Labute approximate surface area is 143 Å². The number of carbonyl (C=O) groups excluding carboxylic acids is 1. The number of benzene rings is 2. The number of methoxy groups -OCH3 is 1. The molecule has 2 aromatic rings. The van der Waals surface area contributed by atoms with Gasteiger partial charge < -0.3 is 10.1 Å². The lowest BCUT2D eigenvalue weighted by atomic mass is 10.2. The van der Waals surface area contributed by atoms with E-state index in [2.05, 4.69) is 21.2 Å². The third-order valence-electron chi connectivity index (χ3n) is 3.20. The molecule has 0 atom stereocenters. The zero-order valence-corrected chi connectivity index (χ0v) is 15.1. The molecule has 23 heavy (non-hydrogen) atoms. The Morgan fingerprint density at radius 3 is 2.61 bits per heavy atom. The second kappa shape index (κ2) is 7.14. The molecule has 0 aliphatic heterocycles. The fraction of sp³-hybridized carbons (Fsp3) is 0.188. The average molecular weight is 398 g/mol. The second-order valence-electron chi connectivity index (χ2n) is 4.95. The molecule has 2 aromatic carbocycles. The van der Waals surface area contributed by atoms with Gasteiger partial charge in [0.2, 0.25) is 0 Å². The van der Waals surface area contributed by atoms with Gasteiger partial charge in [-0.15, -0.1) is 0 Å². The molecular formula is C16H16BrNO4S. The summed E-state index contributed by atoms with van der Waals surface area (Å²) in [4.78, 5) is 12.4. The van der Waals surface area contributed by atoms with Gasteiger partial charge >= 0.3 is 0 Å². The van der Waals surface area contributed by atoms with Gasteiger partial charge in [0.25, 0.3) is 5.91 Å². The molecule has 1 amide bonds. The molecule has 0 aromatic heterocycles. The Bertz CT molecular complexity index is 834. The van der Waals surface area contributed by atoms with E-state index in [1.54, 1.807) is 13.2 Å². The van der Waals surface area contributed by atoms with E-state index in [0.717, 1.165) is 11.8 Å². The molecule has 0 saturated carbocycles. The number of nitrogens with one attached hydrogen (secondary N) is 1. The normalized spacial score (nSPS) is 11.1. The molecule has 1 N–H and O–H groups in total. The van der Waals surface area contributed by atoms with Gasteiger partial charge in [-0.1, -0.05) is 12.1 Å². The molecule has 0 aliphatic rings. The maximum Gasteiger partial charge on any atom is 0.252 e. The monoisotopic (exact) mass is 397 g/mol. The van der Waals surface area contributed by atoms with E-state index < -0.39 is 9.84 Å². The van der Waals surface area contributed by atoms with Crippen molar-refractivity contribution in [2.75, 3.05) is 13.4 Å². The van der Waals surface area contributed by atoms with Gasteiger partial charge in [0.05, 0.1) is 17.6 Å². The lowest BCUT2D eigenvalue weighted by molar-refractivity contribution is 0.0950. The highest BCUT2D eigenvalue weighted by atomic mass is 79.9. The minimum Gasteiger partial charge on any atom is -0.497 e. The summed E-state index contributed by atoms with van der Waals surface area (Å²) >= 11 is 3.27. The first-order valence-electron chi connectivity index (χ1n) is 6.72. The van der Waals surface area contributed by atoms with Crippen LogP contribution in [0.5, 0.6) is 5.75 Å². The van der Waals surface area contributed by atoms with Gasteiger partial charge in [0, 0.05) is 17.3 Å². The first-order valence-corrected chi connectivity index (χ1v) is 9.40. The molecule has 5 nitrogen and oxygen atoms in total. The van der Waals surface area contributed by atoms with E-state index >= 15 is 0 Å². The van der Waals surface area contributed by atoms with E-state index in [4.69, 9.17) is 4.74 Å². The van der Waals surface area contributed by atoms with Crippen LogP contribution in [-0.2, 0) is 16.4 Å². The predicted molar refractivity (Wildman–Crippen MR) is 91.4 cm³/mol. The van der Waals surface area contributed by atoms with Crippen LogP contribution in [0, 0.1) is 0 Å². The second-order valence-corrected chi connectivity index (χ2v) is 7.82. The van der Waals surface area contributed by atoms with E-state index in [1.807, 2.05) is 24.3 Å². The summed E-state index contributed by atoms with van der Waals surface area (Å²) in [5.74, 6) is 0.349. The van der Waals surface area contributed by atoms with Crippen LogP contribution in [0.3, 0.4) is 0 Å². The number of halogens is 1. The van der Waals surface area contributed by atoms with Gasteiger partial charge in [0.15, 0.2) is 9.84 Å². The smallest absolute Gasteiger partial charge is 0.252 e. The topological polar surface area (TPSA) is 72.5 Å². The molecule has 2 rings (SSSR count). The third-order valence-corrected chi connectivity index (χ3v) is 5.00. The van der Waals surface area contributed by atoms with Crippen molar-refractivity contribution in [3.05, 3.63) is 58.1 Å². The van der Waals surface area contributed by atoms with E-state index in [0.29, 0.717) is 16.8 Å². The van der Waals surface area contributed by atoms with Crippen LogP contribution >= 0.6 is 15.9 Å². The highest BCUT2D eigenvalue weighted by Crippen LogP contribution is 2.21. The highest BCUT2D eigenvalue weighted by molar-refractivity contribution is 9.10. The van der Waals surface area contributed by atoms with E-state index in [1.165, 1.54) is 12.1 Å². The highest BCUT2D eigenvalue weighted by Gasteiger charge is 2.15. The number of hydrogen-bond acceptors (Lipinski definition) is 4. The summed E-state index contributed by atoms with van der Waals surface area (Å²) in [5.41, 5.74) is 1.16. The van der Waals surface area contributed by atoms with Crippen molar-refractivity contribution in [1.29, 1.82) is 0 Å². The molecule has 0 aliphatic carbocycles. The third kappa shape index (κ3) is 4.56. The van der Waals surface area contributed by atoms with E-state index in [9.17, 15) is 13.2 Å². The molecule has 7 heteroatoms. The largest absolute Gasteiger partial charge is 0.497 e. The molecule has 0 bridgehead atoms. The van der Waals surface area contributed by atoms with Crippen molar-refractivity contribution in [2.24, 2.45) is 0 Å². The molecule has 0 unspecified atom stereocenters. The maximum absolute atomic E-state index is 12.3. The Balaban J connectivity index is 2.17. The van der Waals surface area contributed by atoms with Crippen LogP contribution in [0.15, 0.2) is 51.8 Å². The lowest BCUT2D eigenvalue weighted by Crippen LogP contribution is -2.23. The zero-order chi connectivity index (χ0) is 17.0. The van der Waals surface area contributed by atoms with Gasteiger partial charge in [0.1, 0.15) is 5.75 Å². The standard InChI is InChI=1S/C16H16BrNO4S/c1-22-12-5-3-4-11(8-12)10-18-16(19)14-9-13(23(2,20)21)6-7-15(14)17/h3-9H,10H2,1-2H3,(H,18,19). The van der Waals surface area contributed by atoms with Gasteiger partial charge in [-0.05, 0) is 51.8 Å². The van der Waals surface area contributed by atoms with Crippen LogP contribution in [0.2, 0.25) is 0 Å². The predicted octanol–water partition coefficient (Wildman–Crippen LogP) is 2.79. The number of rotatable bonds is 5. The van der Waals surface area contributed by atoms with Crippen LogP contribution in [0.1, 0.15) is 15.9 Å². The van der Waals surface area contributed by atoms with Gasteiger partial charge in [-0.25, -0.2) is 8.42 Å². The van der Waals surface area contributed by atoms with E-state index in [-0.39, 0.29) is 16.4 Å². The summed E-state index contributed by atoms with van der Waals surface area (Å²) < 4.78 is 28.9. The molecule has 0 fully saturated rings. The fourth-order valence-electron chi connectivity index (χ4n) is 1.97. The summed E-state index contributed by atoms with van der Waals surface area (Å²) in [6.07, 6.45) is 1.11. The maximum atomic E-state index is 12.3. The Morgan fingerprint density at radius 1 is 1.22 bits per heavy atom. The first kappa shape index (κ1) is 17.5. The van der Waals surface area contributed by atoms with Crippen molar-refractivity contribution in [1.82, 2.24) is 5.32 Å². The summed E-state index contributed by atoms with van der Waals surface area (Å²) in [5, 5.41) is 2.77. The Morgan fingerprint density at radius 2 is 1.96 bits per heavy atom. The molecule has 0 radical (unpaired) electrons. The summed E-state index contributed by atoms with van der Waals surface area (Å²) in [7, 11) is -1.79. The first-order chi connectivity index (χ1) is 10.8. The molecule has 122 valence electrons. The molecule has 0 saturated heterocycles. The number of sulfone groups is 1. The quantitative estimate of drug-likeness (QED) is 0.841. The minimum atomic E-state index is -3.37. The van der Waals surface area contributed by atoms with Gasteiger partial charge in [-0.2, -0.15) is 0 Å². The van der Waals surface area contributed by atoms with Crippen molar-refractivity contribution in [2.45, 2.75) is 11.4 Å². The SMILES string of the molecule is COc1cccc(CNC(=O)c2cc(S(C)(=O)=O)ccc2Br)c1. The number of carbonyl (C=O) groups is 1.